The summed E-state index contributed by atoms with van der Waals surface area (Å²) in [7, 11) is 0. The maximum absolute atomic E-state index is 5.58. The summed E-state index contributed by atoms with van der Waals surface area (Å²) in [4.78, 5) is 11.1. The first kappa shape index (κ1) is 31.6. The average molecular weight is 728 g/mol. The van der Waals surface area contributed by atoms with Gasteiger partial charge < -0.3 is 13.7 Å². The topological polar surface area (TPSA) is 40.6 Å². The van der Waals surface area contributed by atoms with E-state index in [1.165, 1.54) is 32.6 Å². The van der Waals surface area contributed by atoms with Crippen LogP contribution in [0.1, 0.15) is 0 Å². The van der Waals surface area contributed by atoms with Gasteiger partial charge in [0, 0.05) is 55.1 Å². The summed E-state index contributed by atoms with van der Waals surface area (Å²) in [5.41, 5.74) is 13.9. The molecule has 4 heterocycles. The van der Waals surface area contributed by atoms with Gasteiger partial charge in [0.05, 0.1) is 38.8 Å². The summed E-state index contributed by atoms with van der Waals surface area (Å²) in [5.74, 6) is 0.693. The third-order valence-electron chi connectivity index (χ3n) is 11.4. The Morgan fingerprint density at radius 1 is 0.298 bits per heavy atom. The summed E-state index contributed by atoms with van der Waals surface area (Å²) in [6, 6.07) is 71.2. The molecule has 8 aromatic carbocycles. The zero-order valence-electron chi connectivity index (χ0n) is 30.8. The number of fused-ring (bicyclic) bond motifs is 9. The van der Waals surface area contributed by atoms with Gasteiger partial charge in [-0.3, -0.25) is 0 Å². The first-order valence-electron chi connectivity index (χ1n) is 19.3. The van der Waals surface area contributed by atoms with Gasteiger partial charge in [0.2, 0.25) is 0 Å². The largest absolute Gasteiger partial charge is 0.309 e. The van der Waals surface area contributed by atoms with Crippen LogP contribution in [-0.2, 0) is 0 Å². The summed E-state index contributed by atoms with van der Waals surface area (Å²) in [6.07, 6.45) is 0. The SMILES string of the molecule is c1ccc(-n2c3ccccc3c3cc(-c4nc(-c5ccc6c(c5)c5ccccc5n6-c5ccccc5)c5c(n4)c4ccccc4n5-c4ccccc4)ccc32)cc1. The smallest absolute Gasteiger partial charge is 0.160 e. The van der Waals surface area contributed by atoms with Crippen LogP contribution in [0.25, 0.3) is 105 Å². The van der Waals surface area contributed by atoms with Crippen LogP contribution in [0.15, 0.2) is 200 Å². The van der Waals surface area contributed by atoms with E-state index in [1.807, 2.05) is 0 Å². The average Bonchev–Trinajstić information content (AvgIpc) is 3.92. The molecule has 0 aliphatic carbocycles. The fourth-order valence-corrected chi connectivity index (χ4v) is 8.96. The lowest BCUT2D eigenvalue weighted by molar-refractivity contribution is 1.15. The van der Waals surface area contributed by atoms with Gasteiger partial charge in [-0.15, -0.1) is 0 Å². The quantitative estimate of drug-likeness (QED) is 0.177. The van der Waals surface area contributed by atoms with E-state index in [2.05, 4.69) is 214 Å². The highest BCUT2D eigenvalue weighted by atomic mass is 15.0. The lowest BCUT2D eigenvalue weighted by Crippen LogP contribution is -2.00. The third kappa shape index (κ3) is 4.76. The monoisotopic (exact) mass is 727 g/mol. The minimum Gasteiger partial charge on any atom is -0.309 e. The molecule has 0 aliphatic rings. The van der Waals surface area contributed by atoms with Gasteiger partial charge in [-0.05, 0) is 84.9 Å². The van der Waals surface area contributed by atoms with E-state index in [0.717, 1.165) is 66.9 Å². The number of aromatic nitrogens is 5. The summed E-state index contributed by atoms with van der Waals surface area (Å²) in [5, 5.41) is 5.83. The lowest BCUT2D eigenvalue weighted by Gasteiger charge is -2.13. The van der Waals surface area contributed by atoms with E-state index in [1.54, 1.807) is 0 Å². The Bertz CT molecular complexity index is 3500. The Morgan fingerprint density at radius 2 is 0.702 bits per heavy atom. The predicted molar refractivity (Wildman–Crippen MR) is 236 cm³/mol. The maximum atomic E-state index is 5.58. The Hall–Kier alpha value is -7.76. The zero-order valence-corrected chi connectivity index (χ0v) is 30.8. The molecule has 0 bridgehead atoms. The number of para-hydroxylation sites is 6. The normalized spacial score (nSPS) is 11.9. The molecule has 4 aromatic heterocycles. The highest BCUT2D eigenvalue weighted by molar-refractivity contribution is 6.15. The molecule has 0 saturated heterocycles. The van der Waals surface area contributed by atoms with Crippen molar-refractivity contribution in [3.63, 3.8) is 0 Å². The van der Waals surface area contributed by atoms with Crippen LogP contribution in [0.2, 0.25) is 0 Å². The second kappa shape index (κ2) is 12.4. The van der Waals surface area contributed by atoms with Crippen LogP contribution in [0.3, 0.4) is 0 Å². The van der Waals surface area contributed by atoms with Crippen molar-refractivity contribution in [1.29, 1.82) is 0 Å². The Balaban J connectivity index is 1.16. The maximum Gasteiger partial charge on any atom is 0.160 e. The summed E-state index contributed by atoms with van der Waals surface area (Å²) >= 11 is 0. The van der Waals surface area contributed by atoms with Gasteiger partial charge in [0.25, 0.3) is 0 Å². The molecule has 0 fully saturated rings. The molecule has 12 rings (SSSR count). The highest BCUT2D eigenvalue weighted by Crippen LogP contribution is 2.41. The fraction of sp³-hybridized carbons (Fsp3) is 0. The van der Waals surface area contributed by atoms with E-state index in [9.17, 15) is 0 Å². The van der Waals surface area contributed by atoms with E-state index in [4.69, 9.17) is 9.97 Å². The predicted octanol–water partition coefficient (Wildman–Crippen LogP) is 13.1. The van der Waals surface area contributed by atoms with Crippen LogP contribution >= 0.6 is 0 Å². The number of hydrogen-bond donors (Lipinski definition) is 0. The second-order valence-corrected chi connectivity index (χ2v) is 14.6. The van der Waals surface area contributed by atoms with Gasteiger partial charge in [-0.25, -0.2) is 9.97 Å². The molecule has 0 saturated carbocycles. The molecule has 12 aromatic rings. The van der Waals surface area contributed by atoms with Crippen molar-refractivity contribution in [2.75, 3.05) is 0 Å². The first-order valence-corrected chi connectivity index (χ1v) is 19.3. The lowest BCUT2D eigenvalue weighted by atomic mass is 10.0. The van der Waals surface area contributed by atoms with E-state index >= 15 is 0 Å². The molecule has 0 N–H and O–H groups in total. The molecule has 0 aliphatic heterocycles. The summed E-state index contributed by atoms with van der Waals surface area (Å²) < 4.78 is 7.04. The van der Waals surface area contributed by atoms with E-state index < -0.39 is 0 Å². The van der Waals surface area contributed by atoms with Crippen molar-refractivity contribution >= 4 is 65.5 Å². The Labute approximate surface area is 328 Å². The van der Waals surface area contributed by atoms with Crippen LogP contribution in [0, 0.1) is 0 Å². The first-order chi connectivity index (χ1) is 28.3. The van der Waals surface area contributed by atoms with Gasteiger partial charge >= 0.3 is 0 Å². The van der Waals surface area contributed by atoms with Gasteiger partial charge in [-0.2, -0.15) is 0 Å². The van der Waals surface area contributed by atoms with Crippen molar-refractivity contribution in [2.45, 2.75) is 0 Å². The van der Waals surface area contributed by atoms with Crippen molar-refractivity contribution in [1.82, 2.24) is 23.7 Å². The van der Waals surface area contributed by atoms with Crippen molar-refractivity contribution in [3.05, 3.63) is 200 Å². The molecule has 5 nitrogen and oxygen atoms in total. The number of hydrogen-bond acceptors (Lipinski definition) is 2. The van der Waals surface area contributed by atoms with Crippen molar-refractivity contribution in [2.24, 2.45) is 0 Å². The summed E-state index contributed by atoms with van der Waals surface area (Å²) in [6.45, 7) is 0. The number of benzene rings is 8. The van der Waals surface area contributed by atoms with E-state index in [-0.39, 0.29) is 0 Å². The number of nitrogens with zero attached hydrogens (tertiary/aromatic N) is 5. The standard InChI is InChI=1S/C52H33N5/c1-4-16-36(17-5-1)55-44-25-13-10-22-39(44)42-32-34(28-30-47(42)55)49-51-50(41-24-12-15-27-46(41)57(51)38-20-8-3-9-21-38)54-52(53-49)35-29-31-48-43(33-35)40-23-11-14-26-45(40)56(48)37-18-6-2-7-19-37/h1-33H. The molecule has 0 atom stereocenters. The van der Waals surface area contributed by atoms with Crippen LogP contribution < -0.4 is 0 Å². The number of rotatable bonds is 5. The second-order valence-electron chi connectivity index (χ2n) is 14.6. The minimum absolute atomic E-state index is 0.693. The van der Waals surface area contributed by atoms with Gasteiger partial charge in [-0.1, -0.05) is 115 Å². The highest BCUT2D eigenvalue weighted by Gasteiger charge is 2.23. The molecule has 0 radical (unpaired) electrons. The molecule has 0 amide bonds. The fourth-order valence-electron chi connectivity index (χ4n) is 8.96. The van der Waals surface area contributed by atoms with Gasteiger partial charge in [0.1, 0.15) is 5.52 Å². The molecule has 0 spiro atoms. The molecule has 266 valence electrons. The van der Waals surface area contributed by atoms with Crippen LogP contribution in [-0.4, -0.2) is 23.7 Å². The molecular weight excluding hydrogens is 695 g/mol. The Kier molecular flexibility index (Phi) is 6.86. The van der Waals surface area contributed by atoms with Crippen LogP contribution in [0.5, 0.6) is 0 Å². The van der Waals surface area contributed by atoms with Crippen molar-refractivity contribution in [3.8, 4) is 39.7 Å². The van der Waals surface area contributed by atoms with Crippen LogP contribution in [0.4, 0.5) is 0 Å². The van der Waals surface area contributed by atoms with E-state index in [0.29, 0.717) is 5.82 Å². The van der Waals surface area contributed by atoms with Gasteiger partial charge in [0.15, 0.2) is 5.82 Å². The molecule has 57 heavy (non-hydrogen) atoms. The minimum atomic E-state index is 0.693. The zero-order chi connectivity index (χ0) is 37.5. The van der Waals surface area contributed by atoms with Crippen molar-refractivity contribution < 1.29 is 0 Å². The third-order valence-corrected chi connectivity index (χ3v) is 11.4. The molecule has 0 unspecified atom stereocenters. The molecule has 5 heteroatoms. The Morgan fingerprint density at radius 3 is 1.25 bits per heavy atom. The molecular formula is C52H33N5.